The first-order chi connectivity index (χ1) is 10.5. The van der Waals surface area contributed by atoms with Crippen LogP contribution < -0.4 is 15.2 Å². The van der Waals surface area contributed by atoms with Crippen LogP contribution in [0.3, 0.4) is 0 Å². The number of methoxy groups -OCH3 is 2. The minimum absolute atomic E-state index is 0. The van der Waals surface area contributed by atoms with Gasteiger partial charge in [-0.3, -0.25) is 4.79 Å². The smallest absolute Gasteiger partial charge is 0.254 e. The zero-order valence-electron chi connectivity index (χ0n) is 14.3. The number of piperidine rings is 1. The van der Waals surface area contributed by atoms with Crippen LogP contribution in [0, 0.1) is 12.8 Å². The van der Waals surface area contributed by atoms with Crippen molar-refractivity contribution in [1.29, 1.82) is 0 Å². The van der Waals surface area contributed by atoms with Gasteiger partial charge in [-0.25, -0.2) is 0 Å². The molecule has 1 amide bonds. The van der Waals surface area contributed by atoms with Crippen LogP contribution in [0.15, 0.2) is 12.1 Å². The highest BCUT2D eigenvalue weighted by atomic mass is 35.5. The molecule has 2 unspecified atom stereocenters. The lowest BCUT2D eigenvalue weighted by Crippen LogP contribution is -2.49. The maximum absolute atomic E-state index is 12.9. The lowest BCUT2D eigenvalue weighted by Gasteiger charge is -2.38. The van der Waals surface area contributed by atoms with Crippen LogP contribution in [0.4, 0.5) is 0 Å². The fourth-order valence-corrected chi connectivity index (χ4v) is 3.11. The Balaban J connectivity index is 0.00000264. The van der Waals surface area contributed by atoms with E-state index in [2.05, 4.69) is 6.92 Å². The predicted molar refractivity (Wildman–Crippen MR) is 93.8 cm³/mol. The van der Waals surface area contributed by atoms with Crippen molar-refractivity contribution >= 4 is 18.3 Å². The number of benzene rings is 1. The van der Waals surface area contributed by atoms with Crippen molar-refractivity contribution in [3.8, 4) is 11.5 Å². The lowest BCUT2D eigenvalue weighted by molar-refractivity contribution is 0.0572. The first-order valence-electron chi connectivity index (χ1n) is 7.75. The van der Waals surface area contributed by atoms with Crippen LogP contribution in [0.1, 0.15) is 35.7 Å². The Bertz CT molecular complexity index is 551. The summed E-state index contributed by atoms with van der Waals surface area (Å²) in [6.45, 7) is 5.39. The fourth-order valence-electron chi connectivity index (χ4n) is 3.11. The molecule has 0 saturated carbocycles. The van der Waals surface area contributed by atoms with Gasteiger partial charge in [-0.1, -0.05) is 6.92 Å². The summed E-state index contributed by atoms with van der Waals surface area (Å²) >= 11 is 0. The zero-order chi connectivity index (χ0) is 16.3. The number of ether oxygens (including phenoxy) is 2. The van der Waals surface area contributed by atoms with E-state index in [-0.39, 0.29) is 24.4 Å². The molecule has 2 atom stereocenters. The summed E-state index contributed by atoms with van der Waals surface area (Å²) in [6, 6.07) is 3.72. The van der Waals surface area contributed by atoms with Crippen LogP contribution in [-0.4, -0.2) is 44.2 Å². The summed E-state index contributed by atoms with van der Waals surface area (Å²) in [7, 11) is 3.17. The summed E-state index contributed by atoms with van der Waals surface area (Å²) in [5.41, 5.74) is 7.42. The summed E-state index contributed by atoms with van der Waals surface area (Å²) in [5.74, 6) is 1.86. The first-order valence-corrected chi connectivity index (χ1v) is 7.75. The molecule has 23 heavy (non-hydrogen) atoms. The minimum atomic E-state index is 0. The molecule has 6 heteroatoms. The van der Waals surface area contributed by atoms with E-state index in [0.717, 1.165) is 24.9 Å². The Kier molecular flexibility index (Phi) is 7.16. The van der Waals surface area contributed by atoms with Gasteiger partial charge in [0.2, 0.25) is 0 Å². The predicted octanol–water partition coefficient (Wildman–Crippen LogP) is 2.63. The highest BCUT2D eigenvalue weighted by Gasteiger charge is 2.30. The zero-order valence-corrected chi connectivity index (χ0v) is 15.1. The molecule has 0 bridgehead atoms. The lowest BCUT2D eigenvalue weighted by atomic mass is 9.91. The van der Waals surface area contributed by atoms with Crippen molar-refractivity contribution in [3.05, 3.63) is 23.3 Å². The van der Waals surface area contributed by atoms with Gasteiger partial charge in [0.1, 0.15) is 0 Å². The number of halogens is 1. The van der Waals surface area contributed by atoms with Gasteiger partial charge in [0.05, 0.1) is 14.2 Å². The van der Waals surface area contributed by atoms with Crippen molar-refractivity contribution in [2.45, 2.75) is 32.7 Å². The number of rotatable bonds is 4. The van der Waals surface area contributed by atoms with Crippen LogP contribution in [0.2, 0.25) is 0 Å². The Labute approximate surface area is 144 Å². The van der Waals surface area contributed by atoms with Gasteiger partial charge in [0, 0.05) is 24.7 Å². The Morgan fingerprint density at radius 2 is 1.91 bits per heavy atom. The third-order valence-electron chi connectivity index (χ3n) is 4.47. The van der Waals surface area contributed by atoms with Crippen molar-refractivity contribution in [2.24, 2.45) is 11.7 Å². The van der Waals surface area contributed by atoms with E-state index in [9.17, 15) is 4.79 Å². The number of amides is 1. The average molecular weight is 343 g/mol. The molecule has 1 aliphatic heterocycles. The Morgan fingerprint density at radius 3 is 2.48 bits per heavy atom. The molecular formula is C17H27ClN2O3. The van der Waals surface area contributed by atoms with E-state index >= 15 is 0 Å². The number of likely N-dealkylation sites (tertiary alicyclic amines) is 1. The highest BCUT2D eigenvalue weighted by Crippen LogP contribution is 2.32. The molecule has 2 rings (SSSR count). The number of hydrogen-bond acceptors (Lipinski definition) is 4. The van der Waals surface area contributed by atoms with Crippen LogP contribution in [0.5, 0.6) is 11.5 Å². The average Bonchev–Trinajstić information content (AvgIpc) is 2.53. The molecule has 5 nitrogen and oxygen atoms in total. The third-order valence-corrected chi connectivity index (χ3v) is 4.47. The topological polar surface area (TPSA) is 64.8 Å². The molecule has 0 spiro atoms. The maximum atomic E-state index is 12.9. The molecule has 1 aliphatic rings. The van der Waals surface area contributed by atoms with E-state index in [4.69, 9.17) is 15.2 Å². The van der Waals surface area contributed by atoms with E-state index < -0.39 is 0 Å². The van der Waals surface area contributed by atoms with Crippen molar-refractivity contribution in [1.82, 2.24) is 4.90 Å². The molecule has 1 aromatic carbocycles. The first kappa shape index (κ1) is 19.6. The summed E-state index contributed by atoms with van der Waals surface area (Å²) in [4.78, 5) is 14.8. The third kappa shape index (κ3) is 4.09. The molecule has 0 aliphatic carbocycles. The van der Waals surface area contributed by atoms with Crippen molar-refractivity contribution < 1.29 is 14.3 Å². The summed E-state index contributed by atoms with van der Waals surface area (Å²) in [5, 5.41) is 0. The molecular weight excluding hydrogens is 316 g/mol. The molecule has 0 radical (unpaired) electrons. The second kappa shape index (κ2) is 8.41. The van der Waals surface area contributed by atoms with Crippen LogP contribution >= 0.6 is 12.4 Å². The van der Waals surface area contributed by atoms with Crippen molar-refractivity contribution in [3.63, 3.8) is 0 Å². The van der Waals surface area contributed by atoms with Crippen molar-refractivity contribution in [2.75, 3.05) is 27.3 Å². The number of hydrogen-bond donors (Lipinski definition) is 1. The second-order valence-corrected chi connectivity index (χ2v) is 6.04. The number of nitrogens with two attached hydrogens (primary N) is 1. The quantitative estimate of drug-likeness (QED) is 0.913. The van der Waals surface area contributed by atoms with Gasteiger partial charge in [-0.05, 0) is 43.4 Å². The number of aryl methyl sites for hydroxylation is 1. The van der Waals surface area contributed by atoms with Gasteiger partial charge in [-0.15, -0.1) is 12.4 Å². The summed E-state index contributed by atoms with van der Waals surface area (Å²) < 4.78 is 10.6. The molecule has 130 valence electrons. The molecule has 1 saturated heterocycles. The normalized spacial score (nSPS) is 20.7. The van der Waals surface area contributed by atoms with Gasteiger partial charge in [0.15, 0.2) is 11.5 Å². The van der Waals surface area contributed by atoms with Gasteiger partial charge in [0.25, 0.3) is 5.91 Å². The second-order valence-electron chi connectivity index (χ2n) is 6.04. The molecule has 1 aromatic rings. The van der Waals surface area contributed by atoms with E-state index in [1.54, 1.807) is 20.3 Å². The monoisotopic (exact) mass is 342 g/mol. The van der Waals surface area contributed by atoms with Gasteiger partial charge < -0.3 is 20.1 Å². The molecule has 0 aromatic heterocycles. The number of carbonyl (C=O) groups is 1. The van der Waals surface area contributed by atoms with Gasteiger partial charge >= 0.3 is 0 Å². The van der Waals surface area contributed by atoms with Crippen LogP contribution in [-0.2, 0) is 0 Å². The molecule has 1 fully saturated rings. The maximum Gasteiger partial charge on any atom is 0.254 e. The molecule has 2 N–H and O–H groups in total. The Morgan fingerprint density at radius 1 is 1.30 bits per heavy atom. The highest BCUT2D eigenvalue weighted by molar-refractivity contribution is 5.96. The number of carbonyl (C=O) groups excluding carboxylic acids is 1. The van der Waals surface area contributed by atoms with Crippen LogP contribution in [0.25, 0.3) is 0 Å². The van der Waals surface area contributed by atoms with E-state index in [0.29, 0.717) is 29.5 Å². The SMILES string of the molecule is COc1cc(C)c(C(=O)N2CCC(C)CC2CN)cc1OC.Cl. The number of nitrogens with zero attached hydrogens (tertiary/aromatic N) is 1. The van der Waals surface area contributed by atoms with E-state index in [1.807, 2.05) is 17.9 Å². The van der Waals surface area contributed by atoms with Gasteiger partial charge in [-0.2, -0.15) is 0 Å². The molecule has 1 heterocycles. The summed E-state index contributed by atoms with van der Waals surface area (Å²) in [6.07, 6.45) is 1.99. The minimum Gasteiger partial charge on any atom is -0.493 e. The fraction of sp³-hybridized carbons (Fsp3) is 0.588. The standard InChI is InChI=1S/C17H26N2O3.ClH/c1-11-5-6-19(13(7-11)10-18)17(20)14-9-16(22-4)15(21-3)8-12(14)2;/h8-9,11,13H,5-7,10,18H2,1-4H3;1H. The Hall–Kier alpha value is -1.46. The largest absolute Gasteiger partial charge is 0.493 e. The van der Waals surface area contributed by atoms with E-state index in [1.165, 1.54) is 0 Å².